The SMILES string of the molecule is Cn1nc(-c2cnc3[nH]cc(C(=O)NC(C)(CCC(C)(C)[Si](C)(C)O)CCC(C)(C)[Si](C)(C)O)c3n2)c2ccc(F)cc21. The molecular formula is C31H47FN6O3Si2. The first-order valence-corrected chi connectivity index (χ1v) is 20.8. The van der Waals surface area contributed by atoms with Crippen LogP contribution in [0.15, 0.2) is 30.6 Å². The van der Waals surface area contributed by atoms with Crippen LogP contribution in [0.25, 0.3) is 33.5 Å². The van der Waals surface area contributed by atoms with Crippen molar-refractivity contribution >= 4 is 44.6 Å². The van der Waals surface area contributed by atoms with E-state index in [1.54, 1.807) is 30.2 Å². The molecule has 43 heavy (non-hydrogen) atoms. The number of aromatic amines is 1. The van der Waals surface area contributed by atoms with Gasteiger partial charge in [-0.2, -0.15) is 5.10 Å². The number of carbonyl (C=O) groups excluding carboxylic acids is 1. The van der Waals surface area contributed by atoms with Gasteiger partial charge in [0, 0.05) is 24.2 Å². The predicted octanol–water partition coefficient (Wildman–Crippen LogP) is 6.65. The Labute approximate surface area is 255 Å². The van der Waals surface area contributed by atoms with E-state index >= 15 is 0 Å². The summed E-state index contributed by atoms with van der Waals surface area (Å²) in [6.07, 6.45) is 6.04. The molecule has 234 valence electrons. The molecule has 3 aromatic heterocycles. The number of hydrogen-bond donors (Lipinski definition) is 4. The maximum atomic E-state index is 13.9. The van der Waals surface area contributed by atoms with Crippen molar-refractivity contribution in [2.45, 2.75) is 102 Å². The molecule has 0 saturated heterocycles. The Morgan fingerprint density at radius 1 is 1.00 bits per heavy atom. The van der Waals surface area contributed by atoms with Gasteiger partial charge in [0.15, 0.2) is 22.3 Å². The van der Waals surface area contributed by atoms with Crippen LogP contribution in [0, 0.1) is 5.82 Å². The second-order valence-corrected chi connectivity index (χ2v) is 23.6. The summed E-state index contributed by atoms with van der Waals surface area (Å²) >= 11 is 0. The van der Waals surface area contributed by atoms with E-state index in [0.29, 0.717) is 46.5 Å². The summed E-state index contributed by atoms with van der Waals surface area (Å²) in [4.78, 5) is 48.2. The van der Waals surface area contributed by atoms with E-state index in [1.807, 2.05) is 26.2 Å². The number of aromatic nitrogens is 5. The van der Waals surface area contributed by atoms with Gasteiger partial charge in [-0.05, 0) is 87.1 Å². The van der Waals surface area contributed by atoms with Crippen LogP contribution < -0.4 is 5.32 Å². The highest BCUT2D eigenvalue weighted by atomic mass is 28.4. The number of rotatable bonds is 11. The van der Waals surface area contributed by atoms with Gasteiger partial charge in [-0.1, -0.05) is 27.7 Å². The lowest BCUT2D eigenvalue weighted by molar-refractivity contribution is 0.0890. The Bertz CT molecular complexity index is 1620. The largest absolute Gasteiger partial charge is 0.432 e. The Morgan fingerprint density at radius 2 is 1.58 bits per heavy atom. The van der Waals surface area contributed by atoms with E-state index in [-0.39, 0.29) is 21.8 Å². The van der Waals surface area contributed by atoms with Gasteiger partial charge in [-0.25, -0.2) is 14.4 Å². The van der Waals surface area contributed by atoms with Crippen LogP contribution in [-0.2, 0) is 7.05 Å². The smallest absolute Gasteiger partial charge is 0.255 e. The number of H-pyrrole nitrogens is 1. The van der Waals surface area contributed by atoms with Gasteiger partial charge in [0.05, 0.1) is 17.3 Å². The zero-order chi connectivity index (χ0) is 32.2. The topological polar surface area (TPSA) is 129 Å². The van der Waals surface area contributed by atoms with Crippen molar-refractivity contribution in [1.82, 2.24) is 30.0 Å². The van der Waals surface area contributed by atoms with Gasteiger partial charge in [0.2, 0.25) is 0 Å². The van der Waals surface area contributed by atoms with E-state index in [2.05, 4.69) is 55.0 Å². The van der Waals surface area contributed by atoms with Crippen LogP contribution in [0.1, 0.15) is 70.7 Å². The van der Waals surface area contributed by atoms with Crippen LogP contribution in [0.3, 0.4) is 0 Å². The van der Waals surface area contributed by atoms with Crippen LogP contribution in [0.2, 0.25) is 36.3 Å². The number of carbonyl (C=O) groups is 1. The summed E-state index contributed by atoms with van der Waals surface area (Å²) in [6.45, 7) is 18.3. The Hall–Kier alpha value is -2.94. The van der Waals surface area contributed by atoms with E-state index in [1.165, 1.54) is 12.1 Å². The summed E-state index contributed by atoms with van der Waals surface area (Å²) in [5.41, 5.74) is 2.34. The Kier molecular flexibility index (Phi) is 8.59. The fourth-order valence-electron chi connectivity index (χ4n) is 4.98. The number of amides is 1. The fraction of sp³-hybridized carbons (Fsp3) is 0.548. The minimum atomic E-state index is -2.46. The summed E-state index contributed by atoms with van der Waals surface area (Å²) in [6, 6.07) is 4.49. The molecule has 0 bridgehead atoms. The molecule has 1 aromatic carbocycles. The third-order valence-electron chi connectivity index (χ3n) is 10.0. The summed E-state index contributed by atoms with van der Waals surface area (Å²) < 4.78 is 15.5. The van der Waals surface area contributed by atoms with Gasteiger partial charge in [0.25, 0.3) is 5.91 Å². The molecule has 12 heteroatoms. The monoisotopic (exact) mass is 626 g/mol. The number of fused-ring (bicyclic) bond motifs is 2. The van der Waals surface area contributed by atoms with Crippen molar-refractivity contribution in [3.8, 4) is 11.4 Å². The quantitative estimate of drug-likeness (QED) is 0.138. The Balaban J connectivity index is 1.67. The highest BCUT2D eigenvalue weighted by Gasteiger charge is 2.43. The molecule has 0 atom stereocenters. The molecule has 0 aliphatic heterocycles. The highest BCUT2D eigenvalue weighted by molar-refractivity contribution is 6.73. The van der Waals surface area contributed by atoms with Crippen LogP contribution >= 0.6 is 0 Å². The van der Waals surface area contributed by atoms with Crippen LogP contribution in [0.5, 0.6) is 0 Å². The normalized spacial score (nSPS) is 13.7. The van der Waals surface area contributed by atoms with Crippen molar-refractivity contribution in [3.05, 3.63) is 42.0 Å². The minimum absolute atomic E-state index is 0.255. The molecule has 4 N–H and O–H groups in total. The molecule has 0 aliphatic carbocycles. The second-order valence-electron chi connectivity index (χ2n) is 14.7. The average Bonchev–Trinajstić information content (AvgIpc) is 3.46. The molecule has 4 rings (SSSR count). The number of nitrogens with zero attached hydrogens (tertiary/aromatic N) is 4. The molecule has 0 saturated carbocycles. The summed E-state index contributed by atoms with van der Waals surface area (Å²) in [5, 5.41) is 8.11. The number of hydrogen-bond acceptors (Lipinski definition) is 6. The van der Waals surface area contributed by atoms with Gasteiger partial charge >= 0.3 is 0 Å². The lowest BCUT2D eigenvalue weighted by Crippen LogP contribution is -2.49. The van der Waals surface area contributed by atoms with Crippen molar-refractivity contribution in [2.24, 2.45) is 7.05 Å². The third-order valence-corrected chi connectivity index (χ3v) is 17.1. The van der Waals surface area contributed by atoms with Crippen molar-refractivity contribution < 1.29 is 18.8 Å². The van der Waals surface area contributed by atoms with E-state index < -0.39 is 22.2 Å². The number of halogens is 1. The molecule has 4 aromatic rings. The minimum Gasteiger partial charge on any atom is -0.432 e. The first-order valence-electron chi connectivity index (χ1n) is 14.9. The lowest BCUT2D eigenvalue weighted by atomic mass is 9.84. The molecule has 0 unspecified atom stereocenters. The number of benzene rings is 1. The zero-order valence-corrected chi connectivity index (χ0v) is 29.2. The zero-order valence-electron chi connectivity index (χ0n) is 27.2. The van der Waals surface area contributed by atoms with Crippen molar-refractivity contribution in [2.75, 3.05) is 0 Å². The molecule has 0 fully saturated rings. The van der Waals surface area contributed by atoms with E-state index in [0.717, 1.165) is 18.2 Å². The predicted molar refractivity (Wildman–Crippen MR) is 175 cm³/mol. The van der Waals surface area contributed by atoms with Crippen LogP contribution in [-0.4, -0.2) is 62.4 Å². The first-order chi connectivity index (χ1) is 19.6. The van der Waals surface area contributed by atoms with E-state index in [4.69, 9.17) is 4.98 Å². The molecule has 0 radical (unpaired) electrons. The first kappa shape index (κ1) is 33.0. The summed E-state index contributed by atoms with van der Waals surface area (Å²) in [7, 11) is -3.17. The van der Waals surface area contributed by atoms with Crippen molar-refractivity contribution in [1.29, 1.82) is 0 Å². The third kappa shape index (κ3) is 6.77. The molecule has 1 amide bonds. The maximum absolute atomic E-state index is 13.9. The second kappa shape index (κ2) is 11.2. The lowest BCUT2D eigenvalue weighted by Gasteiger charge is -2.42. The van der Waals surface area contributed by atoms with Gasteiger partial charge in [-0.3, -0.25) is 9.48 Å². The summed E-state index contributed by atoms with van der Waals surface area (Å²) in [5.74, 6) is -0.623. The van der Waals surface area contributed by atoms with Gasteiger partial charge in [-0.15, -0.1) is 0 Å². The highest BCUT2D eigenvalue weighted by Crippen LogP contribution is 2.45. The molecule has 0 spiro atoms. The standard InChI is InChI=1S/C31H47FN6O3Si2/c1-29(2,42(7,8)40)13-15-31(5,16-14-30(3,4)43(9,10)41)36-28(39)22-18-33-27-26(22)35-23(19-34-27)25-21-12-11-20(32)17-24(21)38(6)37-25/h11-12,17-19,40-41H,13-16H2,1-10H3,(H,33,34)(H,36,39). The molecule has 3 heterocycles. The Morgan fingerprint density at radius 3 is 2.14 bits per heavy atom. The van der Waals surface area contributed by atoms with E-state index in [9.17, 15) is 18.8 Å². The number of nitrogens with one attached hydrogen (secondary N) is 2. The van der Waals surface area contributed by atoms with Gasteiger partial charge in [0.1, 0.15) is 22.7 Å². The average molecular weight is 627 g/mol. The van der Waals surface area contributed by atoms with Gasteiger partial charge < -0.3 is 19.9 Å². The molecule has 9 nitrogen and oxygen atoms in total. The molecule has 0 aliphatic rings. The fourth-order valence-corrected chi connectivity index (χ4v) is 6.45. The van der Waals surface area contributed by atoms with Crippen molar-refractivity contribution in [3.63, 3.8) is 0 Å². The van der Waals surface area contributed by atoms with Crippen LogP contribution in [0.4, 0.5) is 4.39 Å². The maximum Gasteiger partial charge on any atom is 0.255 e. The molecular weight excluding hydrogens is 580 g/mol. The number of aryl methyl sites for hydroxylation is 1.